The predicted octanol–water partition coefficient (Wildman–Crippen LogP) is 2.60. The zero-order valence-electron chi connectivity index (χ0n) is 15.5. The maximum Gasteiger partial charge on any atom is 0.221 e. The lowest BCUT2D eigenvalue weighted by Gasteiger charge is -2.12. The lowest BCUT2D eigenvalue weighted by molar-refractivity contribution is -0.121. The summed E-state index contributed by atoms with van der Waals surface area (Å²) in [7, 11) is 0. The number of rotatable bonds is 7. The Morgan fingerprint density at radius 3 is 2.50 bits per heavy atom. The van der Waals surface area contributed by atoms with Gasteiger partial charge in [0.25, 0.3) is 0 Å². The molecule has 7 heteroatoms. The van der Waals surface area contributed by atoms with E-state index in [9.17, 15) is 4.79 Å². The van der Waals surface area contributed by atoms with Crippen molar-refractivity contribution in [2.45, 2.75) is 66.5 Å². The molecule has 2 aromatic heterocycles. The number of carbonyl (C=O) groups excluding carboxylic acids is 1. The number of carbonyl (C=O) groups is 1. The molecule has 0 spiro atoms. The van der Waals surface area contributed by atoms with Gasteiger partial charge in [-0.15, -0.1) is 0 Å². The topological polar surface area (TPSA) is 84.7 Å². The van der Waals surface area contributed by atoms with Crippen LogP contribution in [-0.4, -0.2) is 38.2 Å². The summed E-state index contributed by atoms with van der Waals surface area (Å²) in [5.41, 5.74) is 2.69. The number of amides is 1. The molecule has 0 aliphatic heterocycles. The van der Waals surface area contributed by atoms with Gasteiger partial charge in [0.1, 0.15) is 16.9 Å². The monoisotopic (exact) mass is 332 g/mol. The van der Waals surface area contributed by atoms with Gasteiger partial charge < -0.3 is 10.6 Å². The van der Waals surface area contributed by atoms with Crippen LogP contribution in [0.5, 0.6) is 0 Å². The van der Waals surface area contributed by atoms with Crippen molar-refractivity contribution in [3.05, 3.63) is 11.5 Å². The van der Waals surface area contributed by atoms with E-state index in [1.165, 1.54) is 0 Å². The van der Waals surface area contributed by atoms with Crippen molar-refractivity contribution in [2.75, 3.05) is 11.9 Å². The molecule has 0 aromatic carbocycles. The van der Waals surface area contributed by atoms with E-state index in [1.54, 1.807) is 0 Å². The predicted molar refractivity (Wildman–Crippen MR) is 96.2 cm³/mol. The summed E-state index contributed by atoms with van der Waals surface area (Å²) in [5.74, 6) is 1.80. The lowest BCUT2D eigenvalue weighted by atomic mass is 10.2. The maximum atomic E-state index is 11.8. The first-order valence-electron chi connectivity index (χ1n) is 8.61. The minimum atomic E-state index is 0.0343. The Morgan fingerprint density at radius 2 is 1.92 bits per heavy atom. The highest BCUT2D eigenvalue weighted by molar-refractivity contribution is 5.88. The average Bonchev–Trinajstić information content (AvgIpc) is 2.83. The molecular weight excluding hydrogens is 304 g/mol. The third kappa shape index (κ3) is 4.01. The van der Waals surface area contributed by atoms with E-state index in [0.29, 0.717) is 13.0 Å². The molecule has 2 N–H and O–H groups in total. The number of anilines is 1. The van der Waals surface area contributed by atoms with Crippen LogP contribution >= 0.6 is 0 Å². The standard InChI is InChI=1S/C17H28N6O/c1-7-23-15-14(12(6)22-23)20-16(10(2)3)21-17(15)18-9-8-13(24)19-11(4)5/h10-11H,7-9H2,1-6H3,(H,19,24)(H,18,20,21). The average molecular weight is 332 g/mol. The molecule has 2 heterocycles. The van der Waals surface area contributed by atoms with E-state index in [1.807, 2.05) is 32.4 Å². The molecule has 1 amide bonds. The molecular formula is C17H28N6O. The highest BCUT2D eigenvalue weighted by Gasteiger charge is 2.17. The lowest BCUT2D eigenvalue weighted by Crippen LogP contribution is -2.31. The van der Waals surface area contributed by atoms with Gasteiger partial charge >= 0.3 is 0 Å². The molecule has 0 saturated carbocycles. The third-order valence-electron chi connectivity index (χ3n) is 3.68. The summed E-state index contributed by atoms with van der Waals surface area (Å²) in [6.07, 6.45) is 0.403. The first kappa shape index (κ1) is 18.2. The molecule has 24 heavy (non-hydrogen) atoms. The highest BCUT2D eigenvalue weighted by Crippen LogP contribution is 2.25. The van der Waals surface area contributed by atoms with Crippen LogP contribution in [0.25, 0.3) is 11.0 Å². The number of nitrogens with zero attached hydrogens (tertiary/aromatic N) is 4. The summed E-state index contributed by atoms with van der Waals surface area (Å²) >= 11 is 0. The van der Waals surface area contributed by atoms with Crippen molar-refractivity contribution in [3.8, 4) is 0 Å². The molecule has 0 aliphatic carbocycles. The number of hydrogen-bond acceptors (Lipinski definition) is 5. The summed E-state index contributed by atoms with van der Waals surface area (Å²) < 4.78 is 1.91. The van der Waals surface area contributed by atoms with Crippen LogP contribution in [0.1, 0.15) is 58.5 Å². The quantitative estimate of drug-likeness (QED) is 0.814. The van der Waals surface area contributed by atoms with E-state index in [4.69, 9.17) is 0 Å². The molecule has 132 valence electrons. The maximum absolute atomic E-state index is 11.8. The molecule has 0 bridgehead atoms. The van der Waals surface area contributed by atoms with Crippen molar-refractivity contribution in [1.29, 1.82) is 0 Å². The van der Waals surface area contributed by atoms with E-state index in [-0.39, 0.29) is 17.9 Å². The summed E-state index contributed by atoms with van der Waals surface area (Å²) in [6.45, 7) is 13.3. The van der Waals surface area contributed by atoms with Crippen molar-refractivity contribution < 1.29 is 4.79 Å². The minimum absolute atomic E-state index is 0.0343. The normalized spacial score (nSPS) is 11.5. The van der Waals surface area contributed by atoms with Crippen LogP contribution in [0, 0.1) is 6.92 Å². The smallest absolute Gasteiger partial charge is 0.221 e. The van der Waals surface area contributed by atoms with Gasteiger partial charge in [-0.1, -0.05) is 13.8 Å². The first-order valence-corrected chi connectivity index (χ1v) is 8.61. The van der Waals surface area contributed by atoms with Gasteiger partial charge in [0, 0.05) is 31.5 Å². The van der Waals surface area contributed by atoms with Crippen LogP contribution < -0.4 is 10.6 Å². The second-order valence-corrected chi connectivity index (χ2v) is 6.58. The molecule has 0 radical (unpaired) electrons. The second kappa shape index (κ2) is 7.59. The number of aryl methyl sites for hydroxylation is 2. The van der Waals surface area contributed by atoms with Gasteiger partial charge in [-0.3, -0.25) is 9.48 Å². The van der Waals surface area contributed by atoms with Crippen LogP contribution in [0.2, 0.25) is 0 Å². The molecule has 2 aromatic rings. The fourth-order valence-corrected chi connectivity index (χ4v) is 2.55. The molecule has 0 unspecified atom stereocenters. The molecule has 0 atom stereocenters. The van der Waals surface area contributed by atoms with Crippen molar-refractivity contribution >= 4 is 22.8 Å². The summed E-state index contributed by atoms with van der Waals surface area (Å²) in [4.78, 5) is 21.1. The number of nitrogens with one attached hydrogen (secondary N) is 2. The summed E-state index contributed by atoms with van der Waals surface area (Å²) in [6, 6.07) is 0.153. The van der Waals surface area contributed by atoms with Gasteiger partial charge in [-0.25, -0.2) is 9.97 Å². The summed E-state index contributed by atoms with van der Waals surface area (Å²) in [5, 5.41) is 10.7. The second-order valence-electron chi connectivity index (χ2n) is 6.58. The zero-order valence-corrected chi connectivity index (χ0v) is 15.5. The van der Waals surface area contributed by atoms with Gasteiger partial charge in [0.05, 0.1) is 5.69 Å². The minimum Gasteiger partial charge on any atom is -0.368 e. The van der Waals surface area contributed by atoms with Crippen LogP contribution in [-0.2, 0) is 11.3 Å². The van der Waals surface area contributed by atoms with E-state index in [0.717, 1.165) is 34.9 Å². The molecule has 0 fully saturated rings. The van der Waals surface area contributed by atoms with E-state index < -0.39 is 0 Å². The van der Waals surface area contributed by atoms with Crippen LogP contribution in [0.15, 0.2) is 0 Å². The number of aromatic nitrogens is 4. The molecule has 0 saturated heterocycles. The largest absolute Gasteiger partial charge is 0.368 e. The fourth-order valence-electron chi connectivity index (χ4n) is 2.55. The number of fused-ring (bicyclic) bond motifs is 1. The van der Waals surface area contributed by atoms with Crippen LogP contribution in [0.4, 0.5) is 5.82 Å². The van der Waals surface area contributed by atoms with Gasteiger partial charge in [-0.05, 0) is 27.7 Å². The first-order chi connectivity index (χ1) is 11.3. The molecule has 7 nitrogen and oxygen atoms in total. The van der Waals surface area contributed by atoms with Gasteiger partial charge in [0.15, 0.2) is 5.82 Å². The Kier molecular flexibility index (Phi) is 5.75. The van der Waals surface area contributed by atoms with Crippen molar-refractivity contribution in [2.24, 2.45) is 0 Å². The van der Waals surface area contributed by atoms with Gasteiger partial charge in [0.2, 0.25) is 5.91 Å². The Labute approximate surface area is 143 Å². The molecule has 0 aliphatic rings. The Bertz CT molecular complexity index is 719. The Hall–Kier alpha value is -2.18. The number of hydrogen-bond donors (Lipinski definition) is 2. The SMILES string of the molecule is CCn1nc(C)c2nc(C(C)C)nc(NCCC(=O)NC(C)C)c21. The van der Waals surface area contributed by atoms with Gasteiger partial charge in [-0.2, -0.15) is 5.10 Å². The third-order valence-corrected chi connectivity index (χ3v) is 3.68. The molecule has 2 rings (SSSR count). The Balaban J connectivity index is 2.28. The fraction of sp³-hybridized carbons (Fsp3) is 0.647. The highest BCUT2D eigenvalue weighted by atomic mass is 16.1. The Morgan fingerprint density at radius 1 is 1.21 bits per heavy atom. The van der Waals surface area contributed by atoms with E-state index >= 15 is 0 Å². The van der Waals surface area contributed by atoms with Crippen LogP contribution in [0.3, 0.4) is 0 Å². The van der Waals surface area contributed by atoms with E-state index in [2.05, 4.69) is 39.5 Å². The zero-order chi connectivity index (χ0) is 17.9. The van der Waals surface area contributed by atoms with Crippen molar-refractivity contribution in [3.63, 3.8) is 0 Å². The van der Waals surface area contributed by atoms with Crippen molar-refractivity contribution in [1.82, 2.24) is 25.1 Å².